The number of nitrogen functional groups attached to an aromatic ring is 1. The number of hydrogen-bond acceptors (Lipinski definition) is 3. The number of hydrogen-bond donors (Lipinski definition) is 2. The summed E-state index contributed by atoms with van der Waals surface area (Å²) >= 11 is 5.93. The van der Waals surface area contributed by atoms with Crippen LogP contribution in [-0.2, 0) is 4.74 Å². The molecule has 98 valence electrons. The maximum atomic E-state index is 7.50. The van der Waals surface area contributed by atoms with Gasteiger partial charge in [-0.05, 0) is 37.0 Å². The minimum atomic E-state index is -0.00589. The Balaban J connectivity index is 2.03. The molecule has 18 heavy (non-hydrogen) atoms. The molecule has 4 nitrogen and oxygen atoms in total. The van der Waals surface area contributed by atoms with Crippen LogP contribution < -0.4 is 10.5 Å². The zero-order valence-electron chi connectivity index (χ0n) is 10.1. The highest BCUT2D eigenvalue weighted by molar-refractivity contribution is 6.30. The van der Waals surface area contributed by atoms with Crippen molar-refractivity contribution in [1.29, 1.82) is 5.41 Å². The van der Waals surface area contributed by atoms with Crippen molar-refractivity contribution in [2.45, 2.75) is 12.8 Å². The molecule has 0 saturated carbocycles. The first-order valence-corrected chi connectivity index (χ1v) is 6.39. The molecule has 0 unspecified atom stereocenters. The average molecular weight is 269 g/mol. The average Bonchev–Trinajstić information content (AvgIpc) is 2.37. The largest absolute Gasteiger partial charge is 0.492 e. The standard InChI is InChI=1S/C13H17ClN2O2/c14-10-1-2-11(13(15)16)12(7-10)18-8-9-3-5-17-6-4-9/h1-2,7,9H,3-6,8H2,(H3,15,16). The first-order chi connectivity index (χ1) is 8.66. The van der Waals surface area contributed by atoms with Crippen molar-refractivity contribution in [3.63, 3.8) is 0 Å². The Bertz CT molecular complexity index is 431. The normalized spacial score (nSPS) is 16.5. The van der Waals surface area contributed by atoms with Crippen LogP contribution in [-0.4, -0.2) is 25.7 Å². The van der Waals surface area contributed by atoms with E-state index in [1.165, 1.54) is 0 Å². The minimum absolute atomic E-state index is 0.00589. The van der Waals surface area contributed by atoms with Gasteiger partial charge < -0.3 is 15.2 Å². The Labute approximate surface area is 112 Å². The van der Waals surface area contributed by atoms with Crippen LogP contribution in [0.5, 0.6) is 5.75 Å². The molecule has 0 aromatic heterocycles. The molecule has 1 saturated heterocycles. The van der Waals surface area contributed by atoms with Gasteiger partial charge >= 0.3 is 0 Å². The van der Waals surface area contributed by atoms with Crippen LogP contribution in [0.3, 0.4) is 0 Å². The lowest BCUT2D eigenvalue weighted by Crippen LogP contribution is -2.22. The second-order valence-electron chi connectivity index (χ2n) is 4.42. The highest BCUT2D eigenvalue weighted by atomic mass is 35.5. The third-order valence-corrected chi connectivity index (χ3v) is 3.28. The summed E-state index contributed by atoms with van der Waals surface area (Å²) in [6, 6.07) is 5.13. The van der Waals surface area contributed by atoms with Gasteiger partial charge in [-0.2, -0.15) is 0 Å². The molecular formula is C13H17ClN2O2. The van der Waals surface area contributed by atoms with Crippen molar-refractivity contribution in [3.05, 3.63) is 28.8 Å². The molecule has 3 N–H and O–H groups in total. The molecule has 0 atom stereocenters. The van der Waals surface area contributed by atoms with Crippen LogP contribution in [0.25, 0.3) is 0 Å². The van der Waals surface area contributed by atoms with Crippen LogP contribution in [0.15, 0.2) is 18.2 Å². The molecule has 0 spiro atoms. The van der Waals surface area contributed by atoms with Gasteiger partial charge in [-0.25, -0.2) is 0 Å². The van der Waals surface area contributed by atoms with Crippen molar-refractivity contribution in [2.24, 2.45) is 11.7 Å². The first-order valence-electron chi connectivity index (χ1n) is 6.01. The molecule has 1 heterocycles. The van der Waals surface area contributed by atoms with E-state index in [-0.39, 0.29) is 5.84 Å². The molecule has 2 rings (SSSR count). The number of halogens is 1. The summed E-state index contributed by atoms with van der Waals surface area (Å²) in [4.78, 5) is 0. The van der Waals surface area contributed by atoms with E-state index in [1.807, 2.05) is 0 Å². The molecular weight excluding hydrogens is 252 g/mol. The van der Waals surface area contributed by atoms with E-state index < -0.39 is 0 Å². The Morgan fingerprint density at radius 1 is 1.44 bits per heavy atom. The number of amidine groups is 1. The van der Waals surface area contributed by atoms with Crippen LogP contribution in [0, 0.1) is 11.3 Å². The lowest BCUT2D eigenvalue weighted by atomic mass is 10.0. The number of nitrogens with two attached hydrogens (primary N) is 1. The Morgan fingerprint density at radius 2 is 2.17 bits per heavy atom. The van der Waals surface area contributed by atoms with E-state index in [0.717, 1.165) is 26.1 Å². The van der Waals surface area contributed by atoms with Crippen LogP contribution >= 0.6 is 11.6 Å². The van der Waals surface area contributed by atoms with Crippen LogP contribution in [0.2, 0.25) is 5.02 Å². The van der Waals surface area contributed by atoms with Gasteiger partial charge in [-0.1, -0.05) is 11.6 Å². The predicted octanol–water partition coefficient (Wildman–Crippen LogP) is 2.43. The van der Waals surface area contributed by atoms with Crippen molar-refractivity contribution in [2.75, 3.05) is 19.8 Å². The molecule has 1 aliphatic heterocycles. The summed E-state index contributed by atoms with van der Waals surface area (Å²) in [5, 5.41) is 8.09. The van der Waals surface area contributed by atoms with Crippen molar-refractivity contribution < 1.29 is 9.47 Å². The smallest absolute Gasteiger partial charge is 0.131 e. The van der Waals surface area contributed by atoms with E-state index in [1.54, 1.807) is 18.2 Å². The summed E-state index contributed by atoms with van der Waals surface area (Å²) in [6.45, 7) is 2.20. The number of ether oxygens (including phenoxy) is 2. The molecule has 1 aliphatic rings. The Morgan fingerprint density at radius 3 is 2.83 bits per heavy atom. The maximum Gasteiger partial charge on any atom is 0.131 e. The van der Waals surface area contributed by atoms with E-state index in [9.17, 15) is 0 Å². The Hall–Kier alpha value is -1.26. The summed E-state index contributed by atoms with van der Waals surface area (Å²) < 4.78 is 11.1. The van der Waals surface area contributed by atoms with E-state index in [4.69, 9.17) is 32.2 Å². The predicted molar refractivity (Wildman–Crippen MR) is 71.5 cm³/mol. The fraction of sp³-hybridized carbons (Fsp3) is 0.462. The van der Waals surface area contributed by atoms with Crippen molar-refractivity contribution in [3.8, 4) is 5.75 Å². The van der Waals surface area contributed by atoms with Gasteiger partial charge in [-0.3, -0.25) is 5.41 Å². The third-order valence-electron chi connectivity index (χ3n) is 3.05. The van der Waals surface area contributed by atoms with Crippen molar-refractivity contribution >= 4 is 17.4 Å². The molecule has 0 aliphatic carbocycles. The van der Waals surface area contributed by atoms with Gasteiger partial charge in [0.2, 0.25) is 0 Å². The summed E-state index contributed by atoms with van der Waals surface area (Å²) in [5.74, 6) is 1.08. The topological polar surface area (TPSA) is 68.3 Å². The second-order valence-corrected chi connectivity index (χ2v) is 4.86. The van der Waals surface area contributed by atoms with E-state index in [2.05, 4.69) is 0 Å². The third kappa shape index (κ3) is 3.37. The fourth-order valence-electron chi connectivity index (χ4n) is 1.96. The molecule has 5 heteroatoms. The first kappa shape index (κ1) is 13.2. The summed E-state index contributed by atoms with van der Waals surface area (Å²) in [6.07, 6.45) is 2.02. The molecule has 1 fully saturated rings. The molecule has 1 aromatic rings. The SMILES string of the molecule is N=C(N)c1ccc(Cl)cc1OCC1CCOCC1. The number of rotatable bonds is 4. The zero-order valence-corrected chi connectivity index (χ0v) is 10.9. The molecule has 0 amide bonds. The molecule has 0 radical (unpaired) electrons. The van der Waals surface area contributed by atoms with Gasteiger partial charge in [0.25, 0.3) is 0 Å². The van der Waals surface area contributed by atoms with Crippen LogP contribution in [0.4, 0.5) is 0 Å². The summed E-state index contributed by atoms with van der Waals surface area (Å²) in [7, 11) is 0. The van der Waals surface area contributed by atoms with E-state index >= 15 is 0 Å². The van der Waals surface area contributed by atoms with Gasteiger partial charge in [-0.15, -0.1) is 0 Å². The van der Waals surface area contributed by atoms with Gasteiger partial charge in [0.15, 0.2) is 0 Å². The summed E-state index contributed by atoms with van der Waals surface area (Å²) in [5.41, 5.74) is 6.10. The second kappa shape index (κ2) is 6.07. The van der Waals surface area contributed by atoms with Gasteiger partial charge in [0, 0.05) is 18.2 Å². The lowest BCUT2D eigenvalue weighted by molar-refractivity contribution is 0.0497. The van der Waals surface area contributed by atoms with Gasteiger partial charge in [0.1, 0.15) is 11.6 Å². The highest BCUT2D eigenvalue weighted by Crippen LogP contribution is 2.25. The lowest BCUT2D eigenvalue weighted by Gasteiger charge is -2.22. The highest BCUT2D eigenvalue weighted by Gasteiger charge is 2.16. The quantitative estimate of drug-likeness (QED) is 0.651. The van der Waals surface area contributed by atoms with E-state index in [0.29, 0.717) is 28.9 Å². The fourth-order valence-corrected chi connectivity index (χ4v) is 2.12. The number of benzene rings is 1. The van der Waals surface area contributed by atoms with Crippen molar-refractivity contribution in [1.82, 2.24) is 0 Å². The van der Waals surface area contributed by atoms with Gasteiger partial charge in [0.05, 0.1) is 12.2 Å². The Kier molecular flexibility index (Phi) is 4.44. The monoisotopic (exact) mass is 268 g/mol. The maximum absolute atomic E-state index is 7.50. The number of nitrogens with one attached hydrogen (secondary N) is 1. The minimum Gasteiger partial charge on any atom is -0.492 e. The molecule has 0 bridgehead atoms. The zero-order chi connectivity index (χ0) is 13.0. The van der Waals surface area contributed by atoms with Crippen LogP contribution in [0.1, 0.15) is 18.4 Å². The molecule has 1 aromatic carbocycles.